The summed E-state index contributed by atoms with van der Waals surface area (Å²) in [5.41, 5.74) is 1.32. The van der Waals surface area contributed by atoms with E-state index in [2.05, 4.69) is 10.00 Å². The Hall–Kier alpha value is -0.920. The highest BCUT2D eigenvalue weighted by Gasteiger charge is 2.34. The molecule has 2 fully saturated rings. The van der Waals surface area contributed by atoms with E-state index >= 15 is 0 Å². The zero-order valence-corrected chi connectivity index (χ0v) is 15.3. The normalized spacial score (nSPS) is 22.6. The lowest BCUT2D eigenvalue weighted by atomic mass is 9.94. The average Bonchev–Trinajstić information content (AvgIpc) is 2.81. The summed E-state index contributed by atoms with van der Waals surface area (Å²) in [7, 11) is -1.64. The van der Waals surface area contributed by atoms with E-state index in [1.54, 1.807) is 23.0 Å². The van der Waals surface area contributed by atoms with Gasteiger partial charge in [-0.3, -0.25) is 9.58 Å². The second kappa shape index (κ2) is 6.53. The summed E-state index contributed by atoms with van der Waals surface area (Å²) in [6, 6.07) is 0.662. The van der Waals surface area contributed by atoms with Crippen LogP contribution in [0.3, 0.4) is 0 Å². The van der Waals surface area contributed by atoms with Gasteiger partial charge in [-0.15, -0.1) is 0 Å². The SMILES string of the molecule is Cc1nn(C)c(C)c1S(=O)(=O)N1CCN(C2CCCCC2)CC1. The average molecular weight is 340 g/mol. The zero-order chi connectivity index (χ0) is 16.6. The van der Waals surface area contributed by atoms with E-state index in [9.17, 15) is 8.42 Å². The second-order valence-electron chi connectivity index (χ2n) is 6.86. The molecule has 1 aliphatic heterocycles. The predicted molar refractivity (Wildman–Crippen MR) is 89.9 cm³/mol. The van der Waals surface area contributed by atoms with Gasteiger partial charge < -0.3 is 0 Å². The number of rotatable bonds is 3. The van der Waals surface area contributed by atoms with E-state index in [1.807, 2.05) is 6.92 Å². The van der Waals surface area contributed by atoms with E-state index in [4.69, 9.17) is 0 Å². The van der Waals surface area contributed by atoms with Crippen molar-refractivity contribution in [3.63, 3.8) is 0 Å². The second-order valence-corrected chi connectivity index (χ2v) is 8.73. The van der Waals surface area contributed by atoms with Crippen LogP contribution in [0.4, 0.5) is 0 Å². The molecule has 0 atom stereocenters. The van der Waals surface area contributed by atoms with Crippen molar-refractivity contribution in [2.45, 2.75) is 56.9 Å². The van der Waals surface area contributed by atoms with Gasteiger partial charge in [0, 0.05) is 39.3 Å². The van der Waals surface area contributed by atoms with Crippen molar-refractivity contribution in [3.05, 3.63) is 11.4 Å². The van der Waals surface area contributed by atoms with Crippen molar-refractivity contribution < 1.29 is 8.42 Å². The molecule has 0 amide bonds. The first-order valence-corrected chi connectivity index (χ1v) is 10.1. The topological polar surface area (TPSA) is 58.4 Å². The van der Waals surface area contributed by atoms with Gasteiger partial charge in [0.15, 0.2) is 0 Å². The van der Waals surface area contributed by atoms with Crippen LogP contribution < -0.4 is 0 Å². The molecule has 6 nitrogen and oxygen atoms in total. The molecule has 1 aliphatic carbocycles. The van der Waals surface area contributed by atoms with Gasteiger partial charge in [0.2, 0.25) is 10.0 Å². The van der Waals surface area contributed by atoms with Crippen LogP contribution in [0.2, 0.25) is 0 Å². The van der Waals surface area contributed by atoms with Gasteiger partial charge >= 0.3 is 0 Å². The number of aryl methyl sites for hydroxylation is 2. The number of nitrogens with zero attached hydrogens (tertiary/aromatic N) is 4. The largest absolute Gasteiger partial charge is 0.298 e. The molecule has 2 aliphatic rings. The molecule has 1 saturated heterocycles. The molecule has 2 heterocycles. The molecule has 0 radical (unpaired) electrons. The lowest BCUT2D eigenvalue weighted by Gasteiger charge is -2.40. The monoisotopic (exact) mass is 340 g/mol. The number of piperazine rings is 1. The molecule has 0 spiro atoms. The Morgan fingerprint density at radius 3 is 2.13 bits per heavy atom. The molecule has 0 bridgehead atoms. The molecule has 1 saturated carbocycles. The Labute approximate surface area is 139 Å². The van der Waals surface area contributed by atoms with Crippen molar-refractivity contribution in [2.24, 2.45) is 7.05 Å². The molecule has 0 unspecified atom stereocenters. The third-order valence-corrected chi connectivity index (χ3v) is 7.56. The van der Waals surface area contributed by atoms with Crippen molar-refractivity contribution >= 4 is 10.0 Å². The van der Waals surface area contributed by atoms with Crippen molar-refractivity contribution in [1.82, 2.24) is 19.0 Å². The predicted octanol–water partition coefficient (Wildman–Crippen LogP) is 1.68. The van der Waals surface area contributed by atoms with Crippen LogP contribution in [0.25, 0.3) is 0 Å². The minimum absolute atomic E-state index is 0.395. The minimum Gasteiger partial charge on any atom is -0.298 e. The number of aromatic nitrogens is 2. The molecule has 7 heteroatoms. The highest BCUT2D eigenvalue weighted by atomic mass is 32.2. The summed E-state index contributed by atoms with van der Waals surface area (Å²) >= 11 is 0. The first-order chi connectivity index (χ1) is 10.9. The highest BCUT2D eigenvalue weighted by molar-refractivity contribution is 7.89. The van der Waals surface area contributed by atoms with Crippen molar-refractivity contribution in [1.29, 1.82) is 0 Å². The van der Waals surface area contributed by atoms with Gasteiger partial charge in [-0.05, 0) is 26.7 Å². The first kappa shape index (κ1) is 16.9. The molecule has 0 N–H and O–H groups in total. The summed E-state index contributed by atoms with van der Waals surface area (Å²) in [6.45, 7) is 6.48. The van der Waals surface area contributed by atoms with Gasteiger partial charge in [0.1, 0.15) is 4.90 Å². The van der Waals surface area contributed by atoms with Crippen molar-refractivity contribution in [2.75, 3.05) is 26.2 Å². The van der Waals surface area contributed by atoms with Crippen LogP contribution in [-0.4, -0.2) is 59.6 Å². The van der Waals surface area contributed by atoms with Crippen LogP contribution >= 0.6 is 0 Å². The van der Waals surface area contributed by atoms with E-state index < -0.39 is 10.0 Å². The van der Waals surface area contributed by atoms with Gasteiger partial charge in [0.05, 0.1) is 11.4 Å². The number of sulfonamides is 1. The maximum atomic E-state index is 13.0. The Morgan fingerprint density at radius 1 is 1.00 bits per heavy atom. The standard InChI is InChI=1S/C16H28N4O2S/c1-13-16(14(2)18(3)17-13)23(21,22)20-11-9-19(10-12-20)15-7-5-4-6-8-15/h15H,4-12H2,1-3H3. The fraction of sp³-hybridized carbons (Fsp3) is 0.812. The van der Waals surface area contributed by atoms with Crippen LogP contribution in [-0.2, 0) is 17.1 Å². The molecule has 23 heavy (non-hydrogen) atoms. The highest BCUT2D eigenvalue weighted by Crippen LogP contribution is 2.27. The fourth-order valence-electron chi connectivity index (χ4n) is 4.01. The zero-order valence-electron chi connectivity index (χ0n) is 14.5. The third-order valence-electron chi connectivity index (χ3n) is 5.40. The summed E-state index contributed by atoms with van der Waals surface area (Å²) in [5, 5.41) is 4.26. The smallest absolute Gasteiger partial charge is 0.246 e. The Bertz CT molecular complexity index is 654. The molecule has 1 aromatic heterocycles. The van der Waals surface area contributed by atoms with Crippen LogP contribution in [0.1, 0.15) is 43.5 Å². The maximum Gasteiger partial charge on any atom is 0.246 e. The summed E-state index contributed by atoms with van der Waals surface area (Å²) in [4.78, 5) is 2.89. The lowest BCUT2D eigenvalue weighted by Crippen LogP contribution is -2.52. The van der Waals surface area contributed by atoms with E-state index in [0.717, 1.165) is 18.8 Å². The van der Waals surface area contributed by atoms with E-state index in [1.165, 1.54) is 32.1 Å². The van der Waals surface area contributed by atoms with Crippen LogP contribution in [0.15, 0.2) is 4.90 Å². The number of hydrogen-bond acceptors (Lipinski definition) is 4. The van der Waals surface area contributed by atoms with E-state index in [0.29, 0.717) is 29.7 Å². The van der Waals surface area contributed by atoms with Crippen LogP contribution in [0.5, 0.6) is 0 Å². The maximum absolute atomic E-state index is 13.0. The third kappa shape index (κ3) is 3.19. The number of hydrogen-bond donors (Lipinski definition) is 0. The van der Waals surface area contributed by atoms with Gasteiger partial charge in [-0.2, -0.15) is 9.40 Å². The van der Waals surface area contributed by atoms with Gasteiger partial charge in [0.25, 0.3) is 0 Å². The molecule has 1 aromatic rings. The molecule has 3 rings (SSSR count). The Balaban J connectivity index is 1.71. The first-order valence-electron chi connectivity index (χ1n) is 8.65. The summed E-state index contributed by atoms with van der Waals surface area (Å²) < 4.78 is 29.3. The van der Waals surface area contributed by atoms with Gasteiger partial charge in [-0.1, -0.05) is 19.3 Å². The molecule has 130 valence electrons. The minimum atomic E-state index is -3.43. The Morgan fingerprint density at radius 2 is 1.61 bits per heavy atom. The quantitative estimate of drug-likeness (QED) is 0.840. The Kier molecular flexibility index (Phi) is 4.80. The molecule has 0 aromatic carbocycles. The molecular weight excluding hydrogens is 312 g/mol. The summed E-state index contributed by atoms with van der Waals surface area (Å²) in [6.07, 6.45) is 6.53. The van der Waals surface area contributed by atoms with E-state index in [-0.39, 0.29) is 0 Å². The molecular formula is C16H28N4O2S. The lowest BCUT2D eigenvalue weighted by molar-refractivity contribution is 0.111. The fourth-order valence-corrected chi connectivity index (χ4v) is 5.83. The van der Waals surface area contributed by atoms with Crippen molar-refractivity contribution in [3.8, 4) is 0 Å². The summed E-state index contributed by atoms with van der Waals surface area (Å²) in [5.74, 6) is 0. The van der Waals surface area contributed by atoms with Gasteiger partial charge in [-0.25, -0.2) is 8.42 Å². The van der Waals surface area contributed by atoms with Crippen LogP contribution in [0, 0.1) is 13.8 Å².